The summed E-state index contributed by atoms with van der Waals surface area (Å²) in [5.41, 5.74) is -0.895. The van der Waals surface area contributed by atoms with Crippen LogP contribution in [-0.2, 0) is 4.79 Å². The predicted molar refractivity (Wildman–Crippen MR) is 54.7 cm³/mol. The van der Waals surface area contributed by atoms with Gasteiger partial charge in [-0.15, -0.1) is 17.5 Å². The number of anilines is 1. The number of halogens is 1. The summed E-state index contributed by atoms with van der Waals surface area (Å²) >= 11 is 0. The van der Waals surface area contributed by atoms with Crippen molar-refractivity contribution in [3.8, 4) is 0 Å². The summed E-state index contributed by atoms with van der Waals surface area (Å²) in [4.78, 5) is 11.3. The molecule has 7 nitrogen and oxygen atoms in total. The van der Waals surface area contributed by atoms with Gasteiger partial charge in [-0.3, -0.25) is 4.79 Å². The maximum Gasteiger partial charge on any atom is 0.228 e. The summed E-state index contributed by atoms with van der Waals surface area (Å²) in [6.45, 7) is 0.915. The Balaban J connectivity index is 0.00000112. The lowest BCUT2D eigenvalue weighted by Crippen LogP contribution is -2.60. The van der Waals surface area contributed by atoms with E-state index in [2.05, 4.69) is 26.0 Å². The molecule has 1 saturated heterocycles. The van der Waals surface area contributed by atoms with Crippen LogP contribution in [0.4, 0.5) is 5.82 Å². The molecule has 84 valence electrons. The minimum atomic E-state index is -0.895. The molecule has 1 aliphatic heterocycles. The van der Waals surface area contributed by atoms with Gasteiger partial charge in [0.2, 0.25) is 5.91 Å². The zero-order chi connectivity index (χ0) is 10.0. The molecule has 0 saturated carbocycles. The van der Waals surface area contributed by atoms with E-state index in [0.29, 0.717) is 18.9 Å². The fourth-order valence-corrected chi connectivity index (χ4v) is 1.29. The van der Waals surface area contributed by atoms with Crippen LogP contribution < -0.4 is 10.6 Å². The third kappa shape index (κ3) is 2.88. The van der Waals surface area contributed by atoms with E-state index in [-0.39, 0.29) is 24.7 Å². The van der Waals surface area contributed by atoms with Gasteiger partial charge in [0.1, 0.15) is 0 Å². The Morgan fingerprint density at radius 3 is 2.87 bits per heavy atom. The van der Waals surface area contributed by atoms with Crippen LogP contribution in [-0.4, -0.2) is 45.1 Å². The third-order valence-corrected chi connectivity index (χ3v) is 2.08. The van der Waals surface area contributed by atoms with E-state index in [1.807, 2.05) is 0 Å². The molecule has 2 rings (SSSR count). The highest BCUT2D eigenvalue weighted by Gasteiger charge is 2.36. The van der Waals surface area contributed by atoms with E-state index in [9.17, 15) is 9.90 Å². The molecular formula is C7H12ClN5O2. The molecule has 1 aliphatic rings. The Morgan fingerprint density at radius 2 is 2.40 bits per heavy atom. The van der Waals surface area contributed by atoms with E-state index in [0.717, 1.165) is 0 Å². The molecule has 4 N–H and O–H groups in total. The maximum absolute atomic E-state index is 11.3. The van der Waals surface area contributed by atoms with Crippen LogP contribution in [0.3, 0.4) is 0 Å². The van der Waals surface area contributed by atoms with Crippen LogP contribution in [0.2, 0.25) is 0 Å². The van der Waals surface area contributed by atoms with Crippen molar-refractivity contribution in [1.82, 2.24) is 20.7 Å². The second-order valence-corrected chi connectivity index (χ2v) is 3.41. The second kappa shape index (κ2) is 4.56. The number of nitrogens with zero attached hydrogens (tertiary/aromatic N) is 2. The van der Waals surface area contributed by atoms with Gasteiger partial charge in [-0.1, -0.05) is 0 Å². The Morgan fingerprint density at radius 1 is 1.67 bits per heavy atom. The predicted octanol–water partition coefficient (Wildman–Crippen LogP) is -1.11. The van der Waals surface area contributed by atoms with Crippen molar-refractivity contribution in [1.29, 1.82) is 0 Å². The van der Waals surface area contributed by atoms with Crippen molar-refractivity contribution in [3.63, 3.8) is 0 Å². The van der Waals surface area contributed by atoms with E-state index < -0.39 is 5.60 Å². The molecule has 1 fully saturated rings. The molecule has 2 heterocycles. The van der Waals surface area contributed by atoms with Crippen molar-refractivity contribution >= 4 is 24.1 Å². The maximum atomic E-state index is 11.3. The van der Waals surface area contributed by atoms with Crippen LogP contribution >= 0.6 is 12.4 Å². The van der Waals surface area contributed by atoms with Crippen LogP contribution in [0, 0.1) is 0 Å². The second-order valence-electron chi connectivity index (χ2n) is 3.41. The van der Waals surface area contributed by atoms with Gasteiger partial charge in [0.25, 0.3) is 0 Å². The number of rotatable bonds is 3. The zero-order valence-corrected chi connectivity index (χ0v) is 8.67. The first kappa shape index (κ1) is 11.9. The molecule has 0 spiro atoms. The lowest BCUT2D eigenvalue weighted by atomic mass is 9.93. The average molecular weight is 234 g/mol. The standard InChI is InChI=1S/C7H11N5O2.ClH/c13-6(1-7(14)3-8-4-7)10-5-2-9-12-11-5;/h2,8,14H,1,3-4H2,(H2,9,10,11,12,13);1H. The van der Waals surface area contributed by atoms with Crippen LogP contribution in [0.5, 0.6) is 0 Å². The number of hydrogen-bond donors (Lipinski definition) is 4. The van der Waals surface area contributed by atoms with E-state index in [4.69, 9.17) is 0 Å². The first-order valence-electron chi connectivity index (χ1n) is 4.27. The van der Waals surface area contributed by atoms with Crippen molar-refractivity contribution in [2.75, 3.05) is 18.4 Å². The monoisotopic (exact) mass is 233 g/mol. The van der Waals surface area contributed by atoms with E-state index in [1.165, 1.54) is 6.20 Å². The largest absolute Gasteiger partial charge is 0.387 e. The summed E-state index contributed by atoms with van der Waals surface area (Å²) in [6.07, 6.45) is 1.48. The molecule has 1 aromatic heterocycles. The zero-order valence-electron chi connectivity index (χ0n) is 7.86. The number of amides is 1. The molecule has 0 atom stereocenters. The molecule has 0 radical (unpaired) electrons. The van der Waals surface area contributed by atoms with Gasteiger partial charge in [0, 0.05) is 13.1 Å². The number of carbonyl (C=O) groups excluding carboxylic acids is 1. The smallest absolute Gasteiger partial charge is 0.228 e. The number of aromatic nitrogens is 3. The van der Waals surface area contributed by atoms with E-state index >= 15 is 0 Å². The lowest BCUT2D eigenvalue weighted by molar-refractivity contribution is -0.123. The summed E-state index contributed by atoms with van der Waals surface area (Å²) in [5, 5.41) is 24.6. The quantitative estimate of drug-likeness (QED) is 0.530. The molecule has 0 aromatic carbocycles. The minimum Gasteiger partial charge on any atom is -0.387 e. The number of aliphatic hydroxyl groups is 1. The number of hydrogen-bond acceptors (Lipinski definition) is 5. The van der Waals surface area contributed by atoms with Gasteiger partial charge >= 0.3 is 0 Å². The molecular weight excluding hydrogens is 222 g/mol. The average Bonchev–Trinajstić information content (AvgIpc) is 2.53. The number of nitrogens with one attached hydrogen (secondary N) is 3. The number of aromatic amines is 1. The van der Waals surface area contributed by atoms with Crippen LogP contribution in [0.1, 0.15) is 6.42 Å². The van der Waals surface area contributed by atoms with Crippen molar-refractivity contribution in [2.24, 2.45) is 0 Å². The van der Waals surface area contributed by atoms with Crippen molar-refractivity contribution in [2.45, 2.75) is 12.0 Å². The lowest BCUT2D eigenvalue weighted by Gasteiger charge is -2.36. The molecule has 0 aliphatic carbocycles. The third-order valence-electron chi connectivity index (χ3n) is 2.08. The Labute approximate surface area is 92.0 Å². The normalized spacial score (nSPS) is 17.4. The number of carbonyl (C=O) groups is 1. The highest BCUT2D eigenvalue weighted by Crippen LogP contribution is 2.15. The Bertz CT molecular complexity index is 324. The van der Waals surface area contributed by atoms with Gasteiger partial charge in [-0.25, -0.2) is 0 Å². The fraction of sp³-hybridized carbons (Fsp3) is 0.571. The highest BCUT2D eigenvalue weighted by molar-refractivity contribution is 5.90. The number of H-pyrrole nitrogens is 1. The first-order chi connectivity index (χ1) is 6.68. The van der Waals surface area contributed by atoms with Crippen molar-refractivity contribution < 1.29 is 9.90 Å². The Kier molecular flexibility index (Phi) is 3.61. The highest BCUT2D eigenvalue weighted by atomic mass is 35.5. The molecule has 0 unspecified atom stereocenters. The van der Waals surface area contributed by atoms with Gasteiger partial charge in [0.15, 0.2) is 5.82 Å². The van der Waals surface area contributed by atoms with Crippen LogP contribution in [0.15, 0.2) is 6.20 Å². The van der Waals surface area contributed by atoms with Crippen LogP contribution in [0.25, 0.3) is 0 Å². The summed E-state index contributed by atoms with van der Waals surface area (Å²) in [6, 6.07) is 0. The molecule has 1 aromatic rings. The van der Waals surface area contributed by atoms with Gasteiger partial charge in [0.05, 0.1) is 18.2 Å². The summed E-state index contributed by atoms with van der Waals surface area (Å²) < 4.78 is 0. The minimum absolute atomic E-state index is 0. The summed E-state index contributed by atoms with van der Waals surface area (Å²) in [5.74, 6) is 0.105. The van der Waals surface area contributed by atoms with E-state index in [1.54, 1.807) is 0 Å². The van der Waals surface area contributed by atoms with Gasteiger partial charge in [-0.2, -0.15) is 10.3 Å². The molecule has 8 heteroatoms. The topological polar surface area (TPSA) is 103 Å². The summed E-state index contributed by atoms with van der Waals surface area (Å²) in [7, 11) is 0. The number of β-amino-alcohol motifs (C(OH)–C–C–N with tert-alkyl or cyclic N) is 1. The van der Waals surface area contributed by atoms with Crippen molar-refractivity contribution in [3.05, 3.63) is 6.20 Å². The molecule has 15 heavy (non-hydrogen) atoms. The Hall–Kier alpha value is -1.18. The fourth-order valence-electron chi connectivity index (χ4n) is 1.29. The SMILES string of the molecule is Cl.O=C(CC1(O)CNC1)Nc1cn[nH]n1. The first-order valence-corrected chi connectivity index (χ1v) is 4.27. The molecule has 0 bridgehead atoms. The van der Waals surface area contributed by atoms with Gasteiger partial charge in [-0.05, 0) is 0 Å². The van der Waals surface area contributed by atoms with Gasteiger partial charge < -0.3 is 15.7 Å². The molecule has 1 amide bonds.